The molecule has 166 valence electrons. The third kappa shape index (κ3) is 5.62. The summed E-state index contributed by atoms with van der Waals surface area (Å²) >= 11 is 1.88. The van der Waals surface area contributed by atoms with Crippen LogP contribution in [-0.4, -0.2) is 66.6 Å². The fourth-order valence-corrected chi connectivity index (χ4v) is 5.04. The minimum atomic E-state index is 0.253. The highest BCUT2D eigenvalue weighted by molar-refractivity contribution is 7.12. The van der Waals surface area contributed by atoms with E-state index in [1.807, 2.05) is 30.1 Å². The van der Waals surface area contributed by atoms with Gasteiger partial charge in [0.15, 0.2) is 5.96 Å². The topological polar surface area (TPSA) is 66.7 Å². The van der Waals surface area contributed by atoms with Gasteiger partial charge >= 0.3 is 0 Å². The van der Waals surface area contributed by atoms with Gasteiger partial charge in [-0.3, -0.25) is 14.6 Å². The van der Waals surface area contributed by atoms with Gasteiger partial charge < -0.3 is 15.4 Å². The third-order valence-electron chi connectivity index (χ3n) is 5.81. The highest BCUT2D eigenvalue weighted by atomic mass is 32.1. The fourth-order valence-electron chi connectivity index (χ4n) is 4.02. The lowest BCUT2D eigenvalue weighted by molar-refractivity contribution is 0.0177. The molecule has 0 aromatic carbocycles. The van der Waals surface area contributed by atoms with Crippen LogP contribution in [0.1, 0.15) is 39.7 Å². The average Bonchev–Trinajstić information content (AvgIpc) is 3.26. The Morgan fingerprint density at radius 2 is 2.00 bits per heavy atom. The summed E-state index contributed by atoms with van der Waals surface area (Å²) < 4.78 is 7.53. The number of hydrogen-bond donors (Lipinski definition) is 2. The van der Waals surface area contributed by atoms with Gasteiger partial charge in [-0.1, -0.05) is 0 Å². The number of aromatic nitrogens is 2. The lowest BCUT2D eigenvalue weighted by Crippen LogP contribution is -2.48. The van der Waals surface area contributed by atoms with E-state index >= 15 is 0 Å². The molecule has 1 saturated heterocycles. The quantitative estimate of drug-likeness (QED) is 0.520. The Kier molecular flexibility index (Phi) is 7.91. The van der Waals surface area contributed by atoms with Crippen LogP contribution in [0.2, 0.25) is 0 Å². The second-order valence-electron chi connectivity index (χ2n) is 8.09. The first-order valence-electron chi connectivity index (χ1n) is 10.7. The Balaban J connectivity index is 1.61. The molecule has 2 aromatic rings. The summed E-state index contributed by atoms with van der Waals surface area (Å²) in [5.41, 5.74) is 3.64. The van der Waals surface area contributed by atoms with Crippen molar-refractivity contribution >= 4 is 17.3 Å². The van der Waals surface area contributed by atoms with Crippen LogP contribution in [0.5, 0.6) is 0 Å². The minimum absolute atomic E-state index is 0.253. The number of ether oxygens (including phenoxy) is 1. The number of hydrogen-bond acceptors (Lipinski definition) is 5. The maximum atomic E-state index is 5.57. The fraction of sp³-hybridized carbons (Fsp3) is 0.636. The lowest BCUT2D eigenvalue weighted by atomic mass is 10.1. The van der Waals surface area contributed by atoms with Crippen molar-refractivity contribution in [2.75, 3.05) is 39.9 Å². The number of morpholine rings is 1. The van der Waals surface area contributed by atoms with Gasteiger partial charge in [-0.25, -0.2) is 0 Å². The minimum Gasteiger partial charge on any atom is -0.379 e. The molecule has 30 heavy (non-hydrogen) atoms. The van der Waals surface area contributed by atoms with E-state index in [4.69, 9.17) is 4.74 Å². The molecule has 0 saturated carbocycles. The number of rotatable bonds is 7. The molecule has 0 spiro atoms. The van der Waals surface area contributed by atoms with Crippen LogP contribution < -0.4 is 10.6 Å². The SMILES string of the molecule is CN=C(NCC(c1ccc(C)s1)N1CCOCC1)NC(C)Cc1c(C)nn(C)c1C. The molecule has 0 bridgehead atoms. The van der Waals surface area contributed by atoms with Crippen LogP contribution in [0.25, 0.3) is 0 Å². The predicted molar refractivity (Wildman–Crippen MR) is 125 cm³/mol. The van der Waals surface area contributed by atoms with Crippen LogP contribution >= 0.6 is 11.3 Å². The van der Waals surface area contributed by atoms with Gasteiger partial charge in [-0.15, -0.1) is 11.3 Å². The Hall–Kier alpha value is -1.90. The van der Waals surface area contributed by atoms with Crippen LogP contribution in [0.4, 0.5) is 0 Å². The summed E-state index contributed by atoms with van der Waals surface area (Å²) in [5, 5.41) is 11.7. The summed E-state index contributed by atoms with van der Waals surface area (Å²) in [7, 11) is 3.84. The molecule has 0 radical (unpaired) electrons. The van der Waals surface area contributed by atoms with E-state index in [0.717, 1.165) is 50.9 Å². The number of aliphatic imine (C=N–C) groups is 1. The second kappa shape index (κ2) is 10.4. The van der Waals surface area contributed by atoms with Crippen LogP contribution in [0.3, 0.4) is 0 Å². The summed E-state index contributed by atoms with van der Waals surface area (Å²) in [6.45, 7) is 12.9. The van der Waals surface area contributed by atoms with Gasteiger partial charge in [0.05, 0.1) is 24.9 Å². The molecule has 3 heterocycles. The third-order valence-corrected chi connectivity index (χ3v) is 6.92. The smallest absolute Gasteiger partial charge is 0.191 e. The Morgan fingerprint density at radius 1 is 1.27 bits per heavy atom. The molecule has 0 aliphatic carbocycles. The Labute approximate surface area is 184 Å². The van der Waals surface area contributed by atoms with Gasteiger partial charge in [-0.05, 0) is 51.8 Å². The maximum absolute atomic E-state index is 5.57. The zero-order chi connectivity index (χ0) is 21.7. The first kappa shape index (κ1) is 22.8. The van der Waals surface area contributed by atoms with E-state index in [-0.39, 0.29) is 6.04 Å². The number of guanidine groups is 1. The molecule has 1 fully saturated rings. The van der Waals surface area contributed by atoms with Gasteiger partial charge in [0, 0.05) is 55.2 Å². The molecule has 7 nitrogen and oxygen atoms in total. The number of nitrogens with one attached hydrogen (secondary N) is 2. The Bertz CT molecular complexity index is 852. The van der Waals surface area contributed by atoms with Crippen LogP contribution in [-0.2, 0) is 18.2 Å². The van der Waals surface area contributed by atoms with Gasteiger partial charge in [0.2, 0.25) is 0 Å². The van der Waals surface area contributed by atoms with Crippen LogP contribution in [0, 0.1) is 20.8 Å². The monoisotopic (exact) mass is 432 g/mol. The number of aryl methyl sites for hydroxylation is 3. The summed E-state index contributed by atoms with van der Waals surface area (Å²) in [4.78, 5) is 9.73. The van der Waals surface area contributed by atoms with Crippen molar-refractivity contribution in [2.24, 2.45) is 12.0 Å². The first-order chi connectivity index (χ1) is 14.4. The standard InChI is InChI=1S/C22H36N6OS/c1-15(13-19-17(3)26-27(6)18(19)4)25-22(23-5)24-14-20(21-8-7-16(2)30-21)28-9-11-29-12-10-28/h7-8,15,20H,9-14H2,1-6H3,(H2,23,24,25). The summed E-state index contributed by atoms with van der Waals surface area (Å²) in [5.74, 6) is 0.841. The average molecular weight is 433 g/mol. The second-order valence-corrected chi connectivity index (χ2v) is 9.41. The first-order valence-corrected chi connectivity index (χ1v) is 11.5. The molecular formula is C22H36N6OS. The highest BCUT2D eigenvalue weighted by Crippen LogP contribution is 2.27. The van der Waals surface area contributed by atoms with E-state index in [9.17, 15) is 0 Å². The molecule has 3 rings (SSSR count). The Morgan fingerprint density at radius 3 is 2.57 bits per heavy atom. The van der Waals surface area contributed by atoms with E-state index in [0.29, 0.717) is 6.04 Å². The zero-order valence-electron chi connectivity index (χ0n) is 19.2. The highest BCUT2D eigenvalue weighted by Gasteiger charge is 2.24. The van der Waals surface area contributed by atoms with E-state index in [1.54, 1.807) is 0 Å². The van der Waals surface area contributed by atoms with Crippen LogP contribution in [0.15, 0.2) is 17.1 Å². The molecule has 8 heteroatoms. The number of thiophene rings is 1. The van der Waals surface area contributed by atoms with Crippen molar-refractivity contribution in [3.63, 3.8) is 0 Å². The maximum Gasteiger partial charge on any atom is 0.191 e. The van der Waals surface area contributed by atoms with Crippen molar-refractivity contribution in [1.29, 1.82) is 0 Å². The van der Waals surface area contributed by atoms with Gasteiger partial charge in [-0.2, -0.15) is 5.10 Å². The van der Waals surface area contributed by atoms with Crippen molar-refractivity contribution in [1.82, 2.24) is 25.3 Å². The van der Waals surface area contributed by atoms with Crippen molar-refractivity contribution in [2.45, 2.75) is 46.2 Å². The van der Waals surface area contributed by atoms with Gasteiger partial charge in [0.1, 0.15) is 0 Å². The number of nitrogens with zero attached hydrogens (tertiary/aromatic N) is 4. The molecule has 1 aliphatic rings. The molecular weight excluding hydrogens is 396 g/mol. The molecule has 2 unspecified atom stereocenters. The molecule has 2 N–H and O–H groups in total. The zero-order valence-corrected chi connectivity index (χ0v) is 20.0. The van der Waals surface area contributed by atoms with Crippen molar-refractivity contribution in [3.05, 3.63) is 38.8 Å². The van der Waals surface area contributed by atoms with Crippen molar-refractivity contribution < 1.29 is 4.74 Å². The van der Waals surface area contributed by atoms with E-state index in [1.165, 1.54) is 21.0 Å². The van der Waals surface area contributed by atoms with Gasteiger partial charge in [0.25, 0.3) is 0 Å². The molecule has 2 atom stereocenters. The molecule has 2 aromatic heterocycles. The molecule has 1 aliphatic heterocycles. The van der Waals surface area contributed by atoms with E-state index < -0.39 is 0 Å². The largest absolute Gasteiger partial charge is 0.379 e. The summed E-state index contributed by atoms with van der Waals surface area (Å²) in [6, 6.07) is 5.04. The normalized spacial score (nSPS) is 17.7. The predicted octanol–water partition coefficient (Wildman–Crippen LogP) is 2.58. The molecule has 0 amide bonds. The lowest BCUT2D eigenvalue weighted by Gasteiger charge is -2.34. The summed E-state index contributed by atoms with van der Waals surface area (Å²) in [6.07, 6.45) is 0.920. The van der Waals surface area contributed by atoms with E-state index in [2.05, 4.69) is 65.5 Å². The van der Waals surface area contributed by atoms with Crippen molar-refractivity contribution in [3.8, 4) is 0 Å².